The standard InChI is InChI=1S/C45H47NO2S.C32H31NO2S.C13H18O/c1-3-29-45(30-28-35-18-9-5-10-19-35)32-42(49-40-26-15-8-16-27-40)43(44(47)48-45)41(4-2)38-24-17-25-39(31-38)46(33-36-20-11-6-12-21-36)34-37-22-13-7-14-23-37;1-2-30(31(32(34)35)24-36-29-19-10-5-11-20-29)27-17-12-18-28(21-27)33(22-25-13-6-3-7-14-25)23-26-15-8-4-9-16-26;1-2-9-13(11-14-13)10-8-12-6-4-3-5-7-12/h5-27,31,41H,3-4,28-30,32-34H2,1-2H3;3-21,24,30H,2,22-23H2,1H3,(H,34,35);3-7H,2,8-11H2,1H3/b;31-24+;/t41-,45+;30-;13-/m110/s1. The van der Waals surface area contributed by atoms with Gasteiger partial charge in [0.05, 0.1) is 23.4 Å². The Hall–Kier alpha value is -9.12. The largest absolute Gasteiger partial charge is 0.478 e. The number of carbonyl (C=O) groups is 2. The molecule has 1 fully saturated rings. The van der Waals surface area contributed by atoms with Crippen molar-refractivity contribution in [2.45, 2.75) is 157 Å². The topological polar surface area (TPSA) is 82.6 Å². The molecule has 10 aromatic rings. The molecule has 0 aromatic heterocycles. The molecule has 0 unspecified atom stereocenters. The van der Waals surface area contributed by atoms with E-state index in [0.717, 1.165) is 121 Å². The molecule has 0 aliphatic carbocycles. The van der Waals surface area contributed by atoms with E-state index in [1.807, 2.05) is 67.6 Å². The molecule has 0 saturated carbocycles. The van der Waals surface area contributed by atoms with E-state index < -0.39 is 11.6 Å². The van der Waals surface area contributed by atoms with E-state index in [1.165, 1.54) is 64.4 Å². The van der Waals surface area contributed by atoms with Crippen molar-refractivity contribution in [3.8, 4) is 0 Å². The van der Waals surface area contributed by atoms with Gasteiger partial charge in [0, 0.05) is 70.5 Å². The normalized spacial score (nSPS) is 16.2. The minimum atomic E-state index is -0.874. The van der Waals surface area contributed by atoms with Crippen molar-refractivity contribution in [1.82, 2.24) is 0 Å². The summed E-state index contributed by atoms with van der Waals surface area (Å²) in [6.07, 6.45) is 10.5. The van der Waals surface area contributed by atoms with Gasteiger partial charge in [-0.25, -0.2) is 9.59 Å². The predicted octanol–water partition coefficient (Wildman–Crippen LogP) is 22.9. The van der Waals surface area contributed by atoms with E-state index in [4.69, 9.17) is 9.47 Å². The summed E-state index contributed by atoms with van der Waals surface area (Å²) in [6.45, 7) is 12.7. The van der Waals surface area contributed by atoms with E-state index in [-0.39, 0.29) is 23.4 Å². The number of nitrogens with zero attached hydrogens (tertiary/aromatic N) is 2. The number of esters is 1. The number of hydrogen-bond acceptors (Lipinski definition) is 8. The minimum absolute atomic E-state index is 0.0808. The summed E-state index contributed by atoms with van der Waals surface area (Å²) in [4.78, 5) is 34.9. The van der Waals surface area contributed by atoms with Gasteiger partial charge in [0.2, 0.25) is 0 Å². The Morgan fingerprint density at radius 3 is 1.25 bits per heavy atom. The van der Waals surface area contributed by atoms with Crippen LogP contribution in [0.15, 0.2) is 322 Å². The van der Waals surface area contributed by atoms with Gasteiger partial charge in [0.1, 0.15) is 5.60 Å². The third-order valence-electron chi connectivity index (χ3n) is 18.7. The fourth-order valence-corrected chi connectivity index (χ4v) is 15.5. The highest BCUT2D eigenvalue weighted by atomic mass is 32.2. The minimum Gasteiger partial charge on any atom is -0.478 e. The molecule has 9 heteroatoms. The lowest BCUT2D eigenvalue weighted by Crippen LogP contribution is -2.41. The molecular formula is C90H96N2O5S2. The SMILES string of the molecule is CCC[C@]1(CCc2ccccc2)CC(Sc2ccccc2)=C([C@H](CC)c2cccc(N(Cc3ccccc3)Cc3ccccc3)c2)C(=O)O1.CCC[C@]1(CCc2ccccc2)CO1.CC[C@@H](/C(=C\Sc1ccccc1)C(=O)O)c1cccc(N(Cc2ccccc2)Cc2ccccc2)c1. The Morgan fingerprint density at radius 1 is 0.465 bits per heavy atom. The maximum atomic E-state index is 14.5. The van der Waals surface area contributed by atoms with Crippen LogP contribution in [0.25, 0.3) is 0 Å². The first-order chi connectivity index (χ1) is 48.5. The van der Waals surface area contributed by atoms with Crippen molar-refractivity contribution >= 4 is 46.8 Å². The smallest absolute Gasteiger partial charge is 0.336 e. The summed E-state index contributed by atoms with van der Waals surface area (Å²) in [5.74, 6) is -1.31. The van der Waals surface area contributed by atoms with Gasteiger partial charge in [-0.2, -0.15) is 0 Å². The number of benzene rings is 10. The van der Waals surface area contributed by atoms with Crippen LogP contribution in [0, 0.1) is 0 Å². The van der Waals surface area contributed by atoms with Gasteiger partial charge >= 0.3 is 11.9 Å². The zero-order valence-electron chi connectivity index (χ0n) is 58.0. The molecule has 1 N–H and O–H groups in total. The quantitative estimate of drug-likeness (QED) is 0.0198. The van der Waals surface area contributed by atoms with Gasteiger partial charge < -0.3 is 24.4 Å². The highest BCUT2D eigenvalue weighted by Gasteiger charge is 2.44. The van der Waals surface area contributed by atoms with E-state index in [2.05, 4.69) is 261 Å². The van der Waals surface area contributed by atoms with E-state index in [0.29, 0.717) is 12.0 Å². The first kappa shape index (κ1) is 72.6. The second-order valence-electron chi connectivity index (χ2n) is 26.0. The number of rotatable bonds is 31. The number of aliphatic carboxylic acids is 1. The van der Waals surface area contributed by atoms with E-state index in [9.17, 15) is 14.7 Å². The Kier molecular flexibility index (Phi) is 27.7. The molecule has 0 radical (unpaired) electrons. The monoisotopic (exact) mass is 1350 g/mol. The fraction of sp³-hybridized carbons (Fsp3) is 0.267. The highest BCUT2D eigenvalue weighted by molar-refractivity contribution is 8.03. The van der Waals surface area contributed by atoms with E-state index in [1.54, 1.807) is 17.2 Å². The van der Waals surface area contributed by atoms with Crippen molar-refractivity contribution in [3.63, 3.8) is 0 Å². The average molecular weight is 1350 g/mol. The molecule has 1 saturated heterocycles. The summed E-state index contributed by atoms with van der Waals surface area (Å²) in [5, 5.41) is 11.9. The molecular weight excluding hydrogens is 1250 g/mol. The number of epoxide rings is 1. The molecule has 0 amide bonds. The number of ether oxygens (including phenoxy) is 2. The van der Waals surface area contributed by atoms with Crippen LogP contribution in [0.4, 0.5) is 11.4 Å². The van der Waals surface area contributed by atoms with Crippen LogP contribution in [0.2, 0.25) is 0 Å². The van der Waals surface area contributed by atoms with Crippen LogP contribution in [-0.4, -0.2) is 34.9 Å². The van der Waals surface area contributed by atoms with E-state index >= 15 is 0 Å². The first-order valence-corrected chi connectivity index (χ1v) is 37.2. The molecule has 0 spiro atoms. The van der Waals surface area contributed by atoms with Gasteiger partial charge in [0.25, 0.3) is 0 Å². The Labute approximate surface area is 598 Å². The zero-order chi connectivity index (χ0) is 68.9. The number of cyclic esters (lactones) is 1. The Bertz CT molecular complexity index is 4020. The van der Waals surface area contributed by atoms with Crippen LogP contribution in [0.1, 0.15) is 142 Å². The van der Waals surface area contributed by atoms with Gasteiger partial charge in [-0.05, 0) is 150 Å². The number of carboxylic acids is 1. The maximum absolute atomic E-state index is 14.5. The van der Waals surface area contributed by atoms with Crippen LogP contribution in [-0.2, 0) is 58.1 Å². The van der Waals surface area contributed by atoms with Crippen molar-refractivity contribution in [3.05, 3.63) is 357 Å². The number of carbonyl (C=O) groups excluding carboxylic acids is 1. The average Bonchev–Trinajstić information content (AvgIpc) is 1.67. The molecule has 10 aromatic carbocycles. The molecule has 4 atom stereocenters. The van der Waals surface area contributed by atoms with Crippen LogP contribution in [0.3, 0.4) is 0 Å². The fourth-order valence-electron chi connectivity index (χ4n) is 13.4. The maximum Gasteiger partial charge on any atom is 0.336 e. The van der Waals surface area contributed by atoms with Crippen LogP contribution < -0.4 is 9.80 Å². The van der Waals surface area contributed by atoms with Gasteiger partial charge in [-0.1, -0.05) is 307 Å². The lowest BCUT2D eigenvalue weighted by atomic mass is 9.80. The molecule has 2 aliphatic rings. The Balaban J connectivity index is 0.000000184. The summed E-state index contributed by atoms with van der Waals surface area (Å²) in [6, 6.07) is 101. The molecule has 508 valence electrons. The lowest BCUT2D eigenvalue weighted by Gasteiger charge is -2.40. The van der Waals surface area contributed by atoms with Crippen molar-refractivity contribution in [1.29, 1.82) is 0 Å². The van der Waals surface area contributed by atoms with Crippen molar-refractivity contribution in [2.75, 3.05) is 16.4 Å². The zero-order valence-corrected chi connectivity index (χ0v) is 59.7. The molecule has 2 aliphatic heterocycles. The number of aryl methyl sites for hydroxylation is 2. The van der Waals surface area contributed by atoms with Gasteiger partial charge in [0.15, 0.2) is 0 Å². The lowest BCUT2D eigenvalue weighted by molar-refractivity contribution is -0.159. The summed E-state index contributed by atoms with van der Waals surface area (Å²) in [7, 11) is 0. The Morgan fingerprint density at radius 2 is 0.848 bits per heavy atom. The number of thioether (sulfide) groups is 2. The first-order valence-electron chi connectivity index (χ1n) is 35.5. The van der Waals surface area contributed by atoms with Gasteiger partial charge in [-0.15, -0.1) is 0 Å². The third kappa shape index (κ3) is 21.9. The highest BCUT2D eigenvalue weighted by Crippen LogP contribution is 2.49. The summed E-state index contributed by atoms with van der Waals surface area (Å²) in [5.41, 5.74) is 13.1. The number of hydrogen-bond donors (Lipinski definition) is 1. The molecule has 2 heterocycles. The number of carboxylic acid groups (broad SMARTS) is 1. The van der Waals surface area contributed by atoms with Gasteiger partial charge in [-0.3, -0.25) is 0 Å². The van der Waals surface area contributed by atoms with Crippen LogP contribution in [0.5, 0.6) is 0 Å². The predicted molar refractivity (Wildman–Crippen MR) is 413 cm³/mol. The second-order valence-corrected chi connectivity index (χ2v) is 28.1. The summed E-state index contributed by atoms with van der Waals surface area (Å²) >= 11 is 3.20. The van der Waals surface area contributed by atoms with Crippen molar-refractivity contribution < 1.29 is 24.2 Å². The number of anilines is 2. The molecule has 7 nitrogen and oxygen atoms in total. The second kappa shape index (κ2) is 37.7. The molecule has 0 bridgehead atoms. The summed E-state index contributed by atoms with van der Waals surface area (Å²) < 4.78 is 12.2. The molecule has 99 heavy (non-hydrogen) atoms. The molecule has 12 rings (SSSR count). The van der Waals surface area contributed by atoms with Crippen molar-refractivity contribution in [2.24, 2.45) is 0 Å². The van der Waals surface area contributed by atoms with Crippen LogP contribution >= 0.6 is 23.5 Å². The third-order valence-corrected chi connectivity index (χ3v) is 20.7.